The van der Waals surface area contributed by atoms with Gasteiger partial charge >= 0.3 is 5.97 Å². The molecule has 0 bridgehead atoms. The second kappa shape index (κ2) is 9.24. The minimum absolute atomic E-state index is 0.322. The number of amidine groups is 1. The van der Waals surface area contributed by atoms with Gasteiger partial charge < -0.3 is 10.1 Å². The number of benzene rings is 2. The van der Waals surface area contributed by atoms with Crippen molar-refractivity contribution >= 4 is 38.8 Å². The second-order valence-corrected chi connectivity index (χ2v) is 7.93. The lowest BCUT2D eigenvalue weighted by Gasteiger charge is -2.25. The summed E-state index contributed by atoms with van der Waals surface area (Å²) >= 11 is 5.08. The van der Waals surface area contributed by atoms with Crippen LogP contribution in [0, 0.1) is 0 Å². The number of allylic oxidation sites excluding steroid dienone is 1. The fourth-order valence-electron chi connectivity index (χ4n) is 2.80. The van der Waals surface area contributed by atoms with Crippen LogP contribution in [0.2, 0.25) is 0 Å². The van der Waals surface area contributed by atoms with Gasteiger partial charge in [0.2, 0.25) is 0 Å². The first kappa shape index (κ1) is 19.7. The molecule has 2 aromatic carbocycles. The van der Waals surface area contributed by atoms with Crippen molar-refractivity contribution in [3.05, 3.63) is 81.5 Å². The Kier molecular flexibility index (Phi) is 6.74. The second-order valence-electron chi connectivity index (χ2n) is 6.05. The van der Waals surface area contributed by atoms with Gasteiger partial charge in [-0.3, -0.25) is 0 Å². The van der Waals surface area contributed by atoms with Crippen molar-refractivity contribution < 1.29 is 9.53 Å². The van der Waals surface area contributed by atoms with Crippen LogP contribution in [0.1, 0.15) is 31.0 Å². The number of halogens is 1. The van der Waals surface area contributed by atoms with Crippen LogP contribution < -0.4 is 5.32 Å². The molecule has 0 spiro atoms. The van der Waals surface area contributed by atoms with Crippen molar-refractivity contribution in [3.8, 4) is 0 Å². The molecule has 3 rings (SSSR count). The molecule has 1 aliphatic heterocycles. The molecule has 140 valence electrons. The van der Waals surface area contributed by atoms with E-state index in [0.717, 1.165) is 26.7 Å². The average molecular weight is 445 g/mol. The molecule has 0 fully saturated rings. The Hall–Kier alpha value is -2.05. The van der Waals surface area contributed by atoms with E-state index in [9.17, 15) is 4.79 Å². The number of carbonyl (C=O) groups excluding carboxylic acids is 1. The number of carbonyl (C=O) groups is 1. The predicted molar refractivity (Wildman–Crippen MR) is 115 cm³/mol. The lowest BCUT2D eigenvalue weighted by Crippen LogP contribution is -2.30. The first-order chi connectivity index (χ1) is 13.1. The summed E-state index contributed by atoms with van der Waals surface area (Å²) in [5.74, 6) is 0.472. The molecule has 0 amide bonds. The summed E-state index contributed by atoms with van der Waals surface area (Å²) in [6.45, 7) is 4.05. The Labute approximate surface area is 172 Å². The number of thioether (sulfide) groups is 1. The van der Waals surface area contributed by atoms with E-state index < -0.39 is 0 Å². The molecule has 0 saturated carbocycles. The largest absolute Gasteiger partial charge is 0.463 e. The number of rotatable bonds is 5. The highest BCUT2D eigenvalue weighted by molar-refractivity contribution is 9.10. The van der Waals surface area contributed by atoms with E-state index in [1.54, 1.807) is 11.8 Å². The molecule has 0 radical (unpaired) electrons. The quantitative estimate of drug-likeness (QED) is 0.642. The fraction of sp³-hybridized carbons (Fsp3) is 0.238. The Morgan fingerprint density at radius 2 is 1.89 bits per heavy atom. The predicted octanol–water partition coefficient (Wildman–Crippen LogP) is 5.22. The summed E-state index contributed by atoms with van der Waals surface area (Å²) in [6.07, 6.45) is 0. The normalized spacial score (nSPS) is 16.6. The van der Waals surface area contributed by atoms with E-state index in [4.69, 9.17) is 9.73 Å². The van der Waals surface area contributed by atoms with Crippen LogP contribution in [0.3, 0.4) is 0 Å². The van der Waals surface area contributed by atoms with Crippen LogP contribution >= 0.6 is 27.7 Å². The molecule has 1 N–H and O–H groups in total. The van der Waals surface area contributed by atoms with Crippen molar-refractivity contribution in [3.63, 3.8) is 0 Å². The maximum absolute atomic E-state index is 12.5. The smallest absolute Gasteiger partial charge is 0.338 e. The summed E-state index contributed by atoms with van der Waals surface area (Å²) < 4.78 is 6.32. The fourth-order valence-corrected chi connectivity index (χ4v) is 3.97. The minimum Gasteiger partial charge on any atom is -0.463 e. The third-order valence-corrected chi connectivity index (χ3v) is 5.60. The van der Waals surface area contributed by atoms with Crippen LogP contribution in [-0.2, 0) is 15.3 Å². The standard InChI is InChI=1S/C21H21BrN2O2S/c1-3-26-20(25)18-14(2)23-21(24-19(18)16-7-5-4-6-8-16)27-13-15-9-11-17(22)12-10-15/h4-12,19H,3,13H2,1-2H3,(H,23,24)/t19-/m0/s1. The maximum atomic E-state index is 12.5. The Morgan fingerprint density at radius 1 is 1.19 bits per heavy atom. The topological polar surface area (TPSA) is 50.7 Å². The number of ether oxygens (including phenoxy) is 1. The van der Waals surface area contributed by atoms with Crippen molar-refractivity contribution in [2.45, 2.75) is 25.6 Å². The zero-order chi connectivity index (χ0) is 19.2. The van der Waals surface area contributed by atoms with E-state index in [1.165, 1.54) is 5.56 Å². The molecule has 1 atom stereocenters. The van der Waals surface area contributed by atoms with Crippen molar-refractivity contribution in [2.24, 2.45) is 4.99 Å². The molecule has 1 aliphatic rings. The molecule has 0 unspecified atom stereocenters. The van der Waals surface area contributed by atoms with Crippen molar-refractivity contribution in [2.75, 3.05) is 6.61 Å². The Balaban J connectivity index is 1.84. The van der Waals surface area contributed by atoms with E-state index in [0.29, 0.717) is 12.2 Å². The number of nitrogens with zero attached hydrogens (tertiary/aromatic N) is 1. The zero-order valence-electron chi connectivity index (χ0n) is 15.2. The highest BCUT2D eigenvalue weighted by Gasteiger charge is 2.30. The first-order valence-corrected chi connectivity index (χ1v) is 10.5. The number of hydrogen-bond acceptors (Lipinski definition) is 5. The Morgan fingerprint density at radius 3 is 2.56 bits per heavy atom. The van der Waals surface area contributed by atoms with E-state index in [-0.39, 0.29) is 12.0 Å². The maximum Gasteiger partial charge on any atom is 0.338 e. The molecule has 6 heteroatoms. The first-order valence-electron chi connectivity index (χ1n) is 8.73. The summed E-state index contributed by atoms with van der Waals surface area (Å²) in [6, 6.07) is 17.7. The van der Waals surface area contributed by atoms with Gasteiger partial charge in [0.05, 0.1) is 12.2 Å². The SMILES string of the molecule is CCOC(=O)C1=C(C)NC(SCc2ccc(Br)cc2)=N[C@H]1c1ccccc1. The molecule has 0 saturated heterocycles. The number of aliphatic imine (C=N–C) groups is 1. The van der Waals surface area contributed by atoms with Gasteiger partial charge in [-0.15, -0.1) is 0 Å². The number of nitrogens with one attached hydrogen (secondary N) is 1. The highest BCUT2D eigenvalue weighted by Crippen LogP contribution is 2.33. The van der Waals surface area contributed by atoms with Crippen LogP contribution in [0.4, 0.5) is 0 Å². The molecule has 0 aliphatic carbocycles. The summed E-state index contributed by atoms with van der Waals surface area (Å²) in [4.78, 5) is 17.3. The number of hydrogen-bond donors (Lipinski definition) is 1. The summed E-state index contributed by atoms with van der Waals surface area (Å²) in [7, 11) is 0. The molecule has 4 nitrogen and oxygen atoms in total. The van der Waals surface area contributed by atoms with Crippen molar-refractivity contribution in [1.29, 1.82) is 0 Å². The lowest BCUT2D eigenvalue weighted by atomic mass is 9.97. The molecule has 0 aromatic heterocycles. The molecule has 2 aromatic rings. The Bertz CT molecular complexity index is 864. The van der Waals surface area contributed by atoms with Gasteiger partial charge in [0.25, 0.3) is 0 Å². The van der Waals surface area contributed by atoms with Crippen LogP contribution in [0.25, 0.3) is 0 Å². The van der Waals surface area contributed by atoms with E-state index in [1.807, 2.05) is 56.3 Å². The summed E-state index contributed by atoms with van der Waals surface area (Å²) in [5.41, 5.74) is 3.54. The van der Waals surface area contributed by atoms with Crippen LogP contribution in [0.5, 0.6) is 0 Å². The van der Waals surface area contributed by atoms with Gasteiger partial charge in [-0.1, -0.05) is 70.2 Å². The monoisotopic (exact) mass is 444 g/mol. The third-order valence-electron chi connectivity index (χ3n) is 4.12. The van der Waals surface area contributed by atoms with Gasteiger partial charge in [0.1, 0.15) is 6.04 Å². The highest BCUT2D eigenvalue weighted by atomic mass is 79.9. The van der Waals surface area contributed by atoms with E-state index in [2.05, 4.69) is 33.4 Å². The van der Waals surface area contributed by atoms with Crippen molar-refractivity contribution in [1.82, 2.24) is 5.32 Å². The van der Waals surface area contributed by atoms with Gasteiger partial charge in [0, 0.05) is 15.9 Å². The van der Waals surface area contributed by atoms with Gasteiger partial charge in [-0.05, 0) is 37.1 Å². The molecular formula is C21H21BrN2O2S. The molecule has 27 heavy (non-hydrogen) atoms. The third kappa shape index (κ3) is 5.02. The lowest BCUT2D eigenvalue weighted by molar-refractivity contribution is -0.138. The summed E-state index contributed by atoms with van der Waals surface area (Å²) in [5, 5.41) is 4.07. The van der Waals surface area contributed by atoms with Crippen LogP contribution in [0.15, 0.2) is 75.3 Å². The number of esters is 1. The van der Waals surface area contributed by atoms with Gasteiger partial charge in [-0.2, -0.15) is 0 Å². The average Bonchev–Trinajstić information content (AvgIpc) is 2.68. The van der Waals surface area contributed by atoms with E-state index >= 15 is 0 Å². The minimum atomic E-state index is -0.362. The van der Waals surface area contributed by atoms with Crippen LogP contribution in [-0.4, -0.2) is 17.7 Å². The zero-order valence-corrected chi connectivity index (χ0v) is 17.6. The molecular weight excluding hydrogens is 424 g/mol. The van der Waals surface area contributed by atoms with Gasteiger partial charge in [-0.25, -0.2) is 9.79 Å². The van der Waals surface area contributed by atoms with Gasteiger partial charge in [0.15, 0.2) is 5.17 Å². The molecule has 1 heterocycles.